The molecule has 0 rings (SSSR count). The third-order valence-electron chi connectivity index (χ3n) is 2.16. The van der Waals surface area contributed by atoms with E-state index in [-0.39, 0.29) is 0 Å². The van der Waals surface area contributed by atoms with Crippen molar-refractivity contribution in [2.45, 2.75) is 13.3 Å². The number of likely N-dealkylation sites (N-methyl/N-ethyl adjacent to an activating group) is 1. The summed E-state index contributed by atoms with van der Waals surface area (Å²) in [5, 5.41) is 9.95. The third kappa shape index (κ3) is 8.59. The lowest BCUT2D eigenvalue weighted by molar-refractivity contribution is 0.280. The van der Waals surface area contributed by atoms with Gasteiger partial charge in [-0.1, -0.05) is 6.92 Å². The Morgan fingerprint density at radius 2 is 1.80 bits per heavy atom. The van der Waals surface area contributed by atoms with Crippen LogP contribution in [0.5, 0.6) is 0 Å². The van der Waals surface area contributed by atoms with Crippen LogP contribution in [0.25, 0.3) is 0 Å². The maximum absolute atomic E-state index is 5.01. The van der Waals surface area contributed by atoms with Crippen molar-refractivity contribution in [2.75, 3.05) is 46.8 Å². The van der Waals surface area contributed by atoms with Crippen LogP contribution >= 0.6 is 12.2 Å². The third-order valence-corrected chi connectivity index (χ3v) is 2.51. The van der Waals surface area contributed by atoms with Crippen molar-refractivity contribution in [3.05, 3.63) is 0 Å². The Morgan fingerprint density at radius 1 is 1.13 bits per heavy atom. The van der Waals surface area contributed by atoms with Crippen LogP contribution in [0.3, 0.4) is 0 Å². The molecule has 5 heteroatoms. The van der Waals surface area contributed by atoms with Gasteiger partial charge in [0.15, 0.2) is 5.11 Å². The summed E-state index contributed by atoms with van der Waals surface area (Å²) in [5.74, 6) is 0. The van der Waals surface area contributed by atoms with Crippen LogP contribution in [-0.2, 0) is 0 Å². The van der Waals surface area contributed by atoms with Gasteiger partial charge in [-0.25, -0.2) is 0 Å². The number of thiocarbonyl (C=S) groups is 1. The highest BCUT2D eigenvalue weighted by Gasteiger charge is 2.02. The Morgan fingerprint density at radius 3 is 2.33 bits per heavy atom. The van der Waals surface area contributed by atoms with Crippen molar-refractivity contribution < 1.29 is 0 Å². The summed E-state index contributed by atoms with van der Waals surface area (Å²) in [6.45, 7) is 7.43. The van der Waals surface area contributed by atoms with Gasteiger partial charge in [0.25, 0.3) is 0 Å². The second kappa shape index (κ2) is 10.1. The molecule has 0 unspecified atom stereocenters. The molecule has 0 fully saturated rings. The van der Waals surface area contributed by atoms with Crippen molar-refractivity contribution in [2.24, 2.45) is 0 Å². The minimum Gasteiger partial charge on any atom is -0.366 e. The van der Waals surface area contributed by atoms with E-state index in [2.05, 4.69) is 27.8 Å². The lowest BCUT2D eigenvalue weighted by atomic mass is 10.4. The fourth-order valence-electron chi connectivity index (χ4n) is 1.34. The van der Waals surface area contributed by atoms with E-state index < -0.39 is 0 Å². The second-order valence-electron chi connectivity index (χ2n) is 3.45. The zero-order valence-electron chi connectivity index (χ0n) is 10.1. The Bertz CT molecular complexity index is 164. The van der Waals surface area contributed by atoms with Crippen molar-refractivity contribution in [3.8, 4) is 0 Å². The average molecular weight is 232 g/mol. The molecule has 90 valence electrons. The standard InChI is InChI=1S/C10H24N4S/c1-4-7-14(8-5-11-2)9-6-13-10(15)12-3/h11H,4-9H2,1-3H3,(H2,12,13,15). The quantitative estimate of drug-likeness (QED) is 0.514. The van der Waals surface area contributed by atoms with Gasteiger partial charge in [0.2, 0.25) is 0 Å². The molecule has 0 aromatic carbocycles. The number of nitrogens with one attached hydrogen (secondary N) is 3. The molecule has 0 heterocycles. The summed E-state index contributed by atoms with van der Waals surface area (Å²) in [6, 6.07) is 0. The van der Waals surface area contributed by atoms with E-state index in [4.69, 9.17) is 12.2 Å². The molecular formula is C10H24N4S. The molecule has 15 heavy (non-hydrogen) atoms. The average Bonchev–Trinajstić information content (AvgIpc) is 2.25. The van der Waals surface area contributed by atoms with Crippen LogP contribution in [0.1, 0.15) is 13.3 Å². The molecule has 0 aliphatic heterocycles. The molecule has 0 saturated carbocycles. The largest absolute Gasteiger partial charge is 0.366 e. The first-order valence-electron chi connectivity index (χ1n) is 5.57. The minimum atomic E-state index is 0.722. The summed E-state index contributed by atoms with van der Waals surface area (Å²) in [7, 11) is 3.82. The molecule has 0 saturated heterocycles. The van der Waals surface area contributed by atoms with Gasteiger partial charge in [0.1, 0.15) is 0 Å². The molecule has 0 aromatic heterocycles. The van der Waals surface area contributed by atoms with Gasteiger partial charge in [-0.15, -0.1) is 0 Å². The first-order chi connectivity index (χ1) is 7.24. The Kier molecular flexibility index (Phi) is 9.88. The van der Waals surface area contributed by atoms with E-state index in [0.29, 0.717) is 0 Å². The van der Waals surface area contributed by atoms with E-state index in [1.165, 1.54) is 6.42 Å². The first kappa shape index (κ1) is 14.6. The molecule has 3 N–H and O–H groups in total. The zero-order chi connectivity index (χ0) is 11.5. The molecule has 0 spiro atoms. The smallest absolute Gasteiger partial charge is 0.166 e. The summed E-state index contributed by atoms with van der Waals surface area (Å²) in [5.41, 5.74) is 0. The fourth-order valence-corrected chi connectivity index (χ4v) is 1.44. The van der Waals surface area contributed by atoms with E-state index in [9.17, 15) is 0 Å². The Balaban J connectivity index is 3.60. The first-order valence-corrected chi connectivity index (χ1v) is 5.98. The SMILES string of the molecule is CCCN(CCNC)CCNC(=S)NC. The number of rotatable bonds is 8. The van der Waals surface area contributed by atoms with Crippen LogP contribution in [-0.4, -0.2) is 56.8 Å². The van der Waals surface area contributed by atoms with Gasteiger partial charge >= 0.3 is 0 Å². The monoisotopic (exact) mass is 232 g/mol. The molecular weight excluding hydrogens is 208 g/mol. The zero-order valence-corrected chi connectivity index (χ0v) is 10.9. The molecule has 0 atom stereocenters. The van der Waals surface area contributed by atoms with Crippen molar-refractivity contribution in [3.63, 3.8) is 0 Å². The topological polar surface area (TPSA) is 39.3 Å². The fraction of sp³-hybridized carbons (Fsp3) is 0.900. The molecule has 0 aliphatic rings. The summed E-state index contributed by atoms with van der Waals surface area (Å²) < 4.78 is 0. The summed E-state index contributed by atoms with van der Waals surface area (Å²) in [6.07, 6.45) is 1.19. The van der Waals surface area contributed by atoms with Crippen molar-refractivity contribution in [1.29, 1.82) is 0 Å². The molecule has 0 aromatic rings. The predicted octanol–water partition coefficient (Wildman–Crippen LogP) is 0.0117. The van der Waals surface area contributed by atoms with Crippen LogP contribution in [0.4, 0.5) is 0 Å². The second-order valence-corrected chi connectivity index (χ2v) is 3.86. The molecule has 0 amide bonds. The number of hydrogen-bond acceptors (Lipinski definition) is 3. The van der Waals surface area contributed by atoms with Crippen LogP contribution in [0.2, 0.25) is 0 Å². The van der Waals surface area contributed by atoms with E-state index in [1.807, 2.05) is 14.1 Å². The van der Waals surface area contributed by atoms with Gasteiger partial charge in [0.05, 0.1) is 0 Å². The summed E-state index contributed by atoms with van der Waals surface area (Å²) in [4.78, 5) is 2.43. The maximum Gasteiger partial charge on any atom is 0.166 e. The number of hydrogen-bond donors (Lipinski definition) is 3. The highest BCUT2D eigenvalue weighted by atomic mass is 32.1. The van der Waals surface area contributed by atoms with Crippen LogP contribution in [0, 0.1) is 0 Å². The maximum atomic E-state index is 5.01. The van der Waals surface area contributed by atoms with Crippen molar-refractivity contribution >= 4 is 17.3 Å². The Hall–Kier alpha value is -0.390. The molecule has 0 bridgehead atoms. The van der Waals surface area contributed by atoms with Gasteiger partial charge in [-0.2, -0.15) is 0 Å². The predicted molar refractivity (Wildman–Crippen MR) is 70.3 cm³/mol. The van der Waals surface area contributed by atoms with Gasteiger partial charge < -0.3 is 20.9 Å². The summed E-state index contributed by atoms with van der Waals surface area (Å²) >= 11 is 5.01. The van der Waals surface area contributed by atoms with E-state index in [0.717, 1.165) is 37.8 Å². The van der Waals surface area contributed by atoms with E-state index >= 15 is 0 Å². The van der Waals surface area contributed by atoms with Gasteiger partial charge in [-0.3, -0.25) is 0 Å². The molecule has 0 radical (unpaired) electrons. The Labute approximate surface area is 98.8 Å². The van der Waals surface area contributed by atoms with Crippen LogP contribution < -0.4 is 16.0 Å². The van der Waals surface area contributed by atoms with E-state index in [1.54, 1.807) is 0 Å². The normalized spacial score (nSPS) is 10.4. The lowest BCUT2D eigenvalue weighted by Crippen LogP contribution is -2.40. The highest BCUT2D eigenvalue weighted by molar-refractivity contribution is 7.80. The van der Waals surface area contributed by atoms with Crippen LogP contribution in [0.15, 0.2) is 0 Å². The molecule has 0 aliphatic carbocycles. The highest BCUT2D eigenvalue weighted by Crippen LogP contribution is 1.89. The number of nitrogens with zero attached hydrogens (tertiary/aromatic N) is 1. The lowest BCUT2D eigenvalue weighted by Gasteiger charge is -2.21. The van der Waals surface area contributed by atoms with Gasteiger partial charge in [-0.05, 0) is 32.2 Å². The molecule has 4 nitrogen and oxygen atoms in total. The minimum absolute atomic E-state index is 0.722. The van der Waals surface area contributed by atoms with Crippen molar-refractivity contribution in [1.82, 2.24) is 20.9 Å². The van der Waals surface area contributed by atoms with Gasteiger partial charge in [0, 0.05) is 33.2 Å².